The summed E-state index contributed by atoms with van der Waals surface area (Å²) >= 11 is 0. The van der Waals surface area contributed by atoms with E-state index < -0.39 is 11.6 Å². The monoisotopic (exact) mass is 363 g/mol. The van der Waals surface area contributed by atoms with E-state index in [4.69, 9.17) is 10.00 Å². The maximum atomic E-state index is 13.0. The molecule has 1 atom stereocenters. The van der Waals surface area contributed by atoms with Gasteiger partial charge in [0.2, 0.25) is 0 Å². The molecule has 1 heterocycles. The second kappa shape index (κ2) is 7.50. The van der Waals surface area contributed by atoms with E-state index in [1.54, 1.807) is 31.2 Å². The number of nitriles is 1. The van der Waals surface area contributed by atoms with Crippen molar-refractivity contribution in [3.05, 3.63) is 65.2 Å². The maximum absolute atomic E-state index is 13.0. The molecule has 0 saturated carbocycles. The lowest BCUT2D eigenvalue weighted by Crippen LogP contribution is -2.40. The number of imide groups is 1. The van der Waals surface area contributed by atoms with Gasteiger partial charge < -0.3 is 10.1 Å². The molecule has 0 spiro atoms. The van der Waals surface area contributed by atoms with Gasteiger partial charge in [-0.05, 0) is 48.7 Å². The Morgan fingerprint density at radius 1 is 1.11 bits per heavy atom. The molecule has 3 amide bonds. The van der Waals surface area contributed by atoms with Gasteiger partial charge in [0.25, 0.3) is 5.91 Å². The standard InChI is InChI=1S/C21H21N3O3/c1-3-12-27-18-10-6-16(7-11-18)14-24-19(25)21(2,23-20(24)26)17-8-4-15(13-22)5-9-17/h4-11H,3,12,14H2,1-2H3,(H,23,26). The van der Waals surface area contributed by atoms with Crippen molar-refractivity contribution >= 4 is 11.9 Å². The molecule has 1 unspecified atom stereocenters. The van der Waals surface area contributed by atoms with Crippen LogP contribution in [0, 0.1) is 11.3 Å². The molecule has 3 rings (SSSR count). The number of hydrogen-bond donors (Lipinski definition) is 1. The number of hydrogen-bond acceptors (Lipinski definition) is 4. The summed E-state index contributed by atoms with van der Waals surface area (Å²) < 4.78 is 5.55. The topological polar surface area (TPSA) is 82.4 Å². The van der Waals surface area contributed by atoms with E-state index in [0.29, 0.717) is 17.7 Å². The molecule has 0 bridgehead atoms. The van der Waals surface area contributed by atoms with Crippen molar-refractivity contribution in [3.8, 4) is 11.8 Å². The Balaban J connectivity index is 1.76. The van der Waals surface area contributed by atoms with Crippen molar-refractivity contribution in [3.63, 3.8) is 0 Å². The van der Waals surface area contributed by atoms with Crippen LogP contribution in [0.2, 0.25) is 0 Å². The molecular formula is C21H21N3O3. The third-order valence-corrected chi connectivity index (χ3v) is 4.60. The third-order valence-electron chi connectivity index (χ3n) is 4.60. The Labute approximate surface area is 158 Å². The predicted octanol–water partition coefficient (Wildman–Crippen LogP) is 3.31. The van der Waals surface area contributed by atoms with Crippen molar-refractivity contribution in [1.29, 1.82) is 5.26 Å². The van der Waals surface area contributed by atoms with Gasteiger partial charge in [-0.25, -0.2) is 4.79 Å². The van der Waals surface area contributed by atoms with E-state index in [1.165, 1.54) is 4.90 Å². The lowest BCUT2D eigenvalue weighted by atomic mass is 9.91. The first-order chi connectivity index (χ1) is 13.0. The average Bonchev–Trinajstić information content (AvgIpc) is 2.91. The molecule has 1 aliphatic rings. The lowest BCUT2D eigenvalue weighted by Gasteiger charge is -2.22. The zero-order valence-electron chi connectivity index (χ0n) is 15.4. The van der Waals surface area contributed by atoms with Gasteiger partial charge in [-0.3, -0.25) is 9.69 Å². The Morgan fingerprint density at radius 3 is 2.37 bits per heavy atom. The molecule has 0 aliphatic carbocycles. The highest BCUT2D eigenvalue weighted by molar-refractivity contribution is 6.07. The largest absolute Gasteiger partial charge is 0.494 e. The van der Waals surface area contributed by atoms with Crippen LogP contribution in [-0.2, 0) is 16.9 Å². The van der Waals surface area contributed by atoms with Crippen molar-refractivity contribution in [2.24, 2.45) is 0 Å². The molecule has 2 aromatic rings. The molecule has 27 heavy (non-hydrogen) atoms. The molecular weight excluding hydrogens is 342 g/mol. The Kier molecular flexibility index (Phi) is 5.13. The van der Waals surface area contributed by atoms with Crippen LogP contribution in [0.15, 0.2) is 48.5 Å². The van der Waals surface area contributed by atoms with Crippen molar-refractivity contribution < 1.29 is 14.3 Å². The molecule has 0 aromatic heterocycles. The van der Waals surface area contributed by atoms with Gasteiger partial charge in [0.05, 0.1) is 24.8 Å². The predicted molar refractivity (Wildman–Crippen MR) is 99.8 cm³/mol. The number of nitrogens with zero attached hydrogens (tertiary/aromatic N) is 2. The third kappa shape index (κ3) is 3.63. The summed E-state index contributed by atoms with van der Waals surface area (Å²) in [6.45, 7) is 4.55. The van der Waals surface area contributed by atoms with Crippen LogP contribution in [0.25, 0.3) is 0 Å². The van der Waals surface area contributed by atoms with Crippen LogP contribution in [-0.4, -0.2) is 23.4 Å². The molecule has 1 saturated heterocycles. The summed E-state index contributed by atoms with van der Waals surface area (Å²) in [5, 5.41) is 11.7. The number of amides is 3. The summed E-state index contributed by atoms with van der Waals surface area (Å²) in [4.78, 5) is 26.6. The summed E-state index contributed by atoms with van der Waals surface area (Å²) in [5.74, 6) is 0.448. The molecule has 0 radical (unpaired) electrons. The second-order valence-electron chi connectivity index (χ2n) is 6.63. The SMILES string of the molecule is CCCOc1ccc(CN2C(=O)NC(C)(c3ccc(C#N)cc3)C2=O)cc1. The number of rotatable bonds is 6. The van der Waals surface area contributed by atoms with Gasteiger partial charge in [0.15, 0.2) is 0 Å². The van der Waals surface area contributed by atoms with E-state index >= 15 is 0 Å². The van der Waals surface area contributed by atoms with Gasteiger partial charge in [-0.15, -0.1) is 0 Å². The summed E-state index contributed by atoms with van der Waals surface area (Å²) in [7, 11) is 0. The molecule has 6 heteroatoms. The Morgan fingerprint density at radius 2 is 1.78 bits per heavy atom. The first-order valence-corrected chi connectivity index (χ1v) is 8.84. The fourth-order valence-corrected chi connectivity index (χ4v) is 3.01. The average molecular weight is 363 g/mol. The number of urea groups is 1. The normalized spacial score (nSPS) is 18.9. The van der Waals surface area contributed by atoms with E-state index in [-0.39, 0.29) is 12.5 Å². The number of carbonyl (C=O) groups excluding carboxylic acids is 2. The molecule has 138 valence electrons. The fourth-order valence-electron chi connectivity index (χ4n) is 3.01. The minimum atomic E-state index is -1.14. The van der Waals surface area contributed by atoms with Crippen LogP contribution in [0.5, 0.6) is 5.75 Å². The van der Waals surface area contributed by atoms with E-state index in [0.717, 1.165) is 17.7 Å². The zero-order valence-corrected chi connectivity index (χ0v) is 15.4. The van der Waals surface area contributed by atoms with Crippen LogP contribution in [0.1, 0.15) is 37.0 Å². The van der Waals surface area contributed by atoms with E-state index in [9.17, 15) is 9.59 Å². The molecule has 2 aromatic carbocycles. The summed E-state index contributed by atoms with van der Waals surface area (Å²) in [6.07, 6.45) is 0.929. The Bertz CT molecular complexity index is 884. The van der Waals surface area contributed by atoms with Crippen LogP contribution >= 0.6 is 0 Å². The van der Waals surface area contributed by atoms with Crippen molar-refractivity contribution in [1.82, 2.24) is 10.2 Å². The number of ether oxygens (including phenoxy) is 1. The van der Waals surface area contributed by atoms with Crippen molar-refractivity contribution in [2.75, 3.05) is 6.61 Å². The Hall–Kier alpha value is -3.33. The first-order valence-electron chi connectivity index (χ1n) is 8.84. The molecule has 1 N–H and O–H groups in total. The smallest absolute Gasteiger partial charge is 0.325 e. The van der Waals surface area contributed by atoms with Gasteiger partial charge >= 0.3 is 6.03 Å². The van der Waals surface area contributed by atoms with E-state index in [1.807, 2.05) is 37.3 Å². The highest BCUT2D eigenvalue weighted by atomic mass is 16.5. The van der Waals surface area contributed by atoms with Gasteiger partial charge in [-0.1, -0.05) is 31.2 Å². The quantitative estimate of drug-likeness (QED) is 0.798. The van der Waals surface area contributed by atoms with Crippen LogP contribution in [0.4, 0.5) is 4.79 Å². The highest BCUT2D eigenvalue weighted by Crippen LogP contribution is 2.30. The highest BCUT2D eigenvalue weighted by Gasteiger charge is 2.48. The van der Waals surface area contributed by atoms with Gasteiger partial charge in [0, 0.05) is 0 Å². The first kappa shape index (κ1) is 18.5. The molecule has 1 fully saturated rings. The summed E-state index contributed by atoms with van der Waals surface area (Å²) in [6, 6.07) is 15.6. The van der Waals surface area contributed by atoms with E-state index in [2.05, 4.69) is 5.32 Å². The molecule has 1 aliphatic heterocycles. The summed E-state index contributed by atoms with van der Waals surface area (Å²) in [5.41, 5.74) is 0.841. The number of carbonyl (C=O) groups is 2. The minimum Gasteiger partial charge on any atom is -0.494 e. The number of benzene rings is 2. The van der Waals surface area contributed by atoms with Crippen LogP contribution in [0.3, 0.4) is 0 Å². The van der Waals surface area contributed by atoms with Gasteiger partial charge in [0.1, 0.15) is 11.3 Å². The number of nitrogens with one attached hydrogen (secondary N) is 1. The fraction of sp³-hybridized carbons (Fsp3) is 0.286. The van der Waals surface area contributed by atoms with Crippen LogP contribution < -0.4 is 10.1 Å². The second-order valence-corrected chi connectivity index (χ2v) is 6.63. The lowest BCUT2D eigenvalue weighted by molar-refractivity contribution is -0.131. The maximum Gasteiger partial charge on any atom is 0.325 e. The minimum absolute atomic E-state index is 0.185. The van der Waals surface area contributed by atoms with Crippen molar-refractivity contribution in [2.45, 2.75) is 32.4 Å². The zero-order chi connectivity index (χ0) is 19.4. The molecule has 6 nitrogen and oxygen atoms in total. The van der Waals surface area contributed by atoms with Gasteiger partial charge in [-0.2, -0.15) is 5.26 Å².